The highest BCUT2D eigenvalue weighted by Gasteiger charge is 2.49. The minimum absolute atomic E-state index is 0.306. The standard InChI is InChI=1S/C16H17F2NO3S/c17-9-1-2-10(13(18)7-9)11-8-12(11)14(20)19-16(15(21)22)3-5-23-6-4-16/h1-2,7,11-12H,3-6,8H2,(H,19,20)(H,21,22). The summed E-state index contributed by atoms with van der Waals surface area (Å²) in [6.07, 6.45) is 1.24. The molecule has 1 aliphatic heterocycles. The van der Waals surface area contributed by atoms with Crippen molar-refractivity contribution in [3.05, 3.63) is 35.4 Å². The van der Waals surface area contributed by atoms with Gasteiger partial charge in [0.2, 0.25) is 5.91 Å². The topological polar surface area (TPSA) is 66.4 Å². The van der Waals surface area contributed by atoms with Crippen LogP contribution in [0.25, 0.3) is 0 Å². The SMILES string of the molecule is O=C(NC1(C(=O)O)CCSCC1)C1CC1c1ccc(F)cc1F. The van der Waals surface area contributed by atoms with E-state index in [1.807, 2.05) is 0 Å². The van der Waals surface area contributed by atoms with Crippen LogP contribution in [0.1, 0.15) is 30.7 Å². The molecule has 1 aliphatic carbocycles. The van der Waals surface area contributed by atoms with Crippen molar-refractivity contribution in [1.29, 1.82) is 0 Å². The predicted octanol–water partition coefficient (Wildman–Crippen LogP) is 2.53. The fraction of sp³-hybridized carbons (Fsp3) is 0.500. The normalized spacial score (nSPS) is 25.7. The van der Waals surface area contributed by atoms with E-state index in [1.165, 1.54) is 12.1 Å². The Morgan fingerprint density at radius 2 is 1.96 bits per heavy atom. The Hall–Kier alpha value is -1.63. The first-order valence-electron chi connectivity index (χ1n) is 7.51. The first-order chi connectivity index (χ1) is 10.9. The maximum Gasteiger partial charge on any atom is 0.329 e. The Morgan fingerprint density at radius 3 is 2.57 bits per heavy atom. The quantitative estimate of drug-likeness (QED) is 0.883. The van der Waals surface area contributed by atoms with Crippen molar-refractivity contribution in [3.63, 3.8) is 0 Å². The number of carbonyl (C=O) groups is 2. The van der Waals surface area contributed by atoms with E-state index >= 15 is 0 Å². The van der Waals surface area contributed by atoms with Gasteiger partial charge in [-0.3, -0.25) is 4.79 Å². The van der Waals surface area contributed by atoms with E-state index in [1.54, 1.807) is 11.8 Å². The molecule has 1 aromatic rings. The number of hydrogen-bond donors (Lipinski definition) is 2. The molecule has 1 aromatic carbocycles. The largest absolute Gasteiger partial charge is 0.480 e. The third-order valence-electron chi connectivity index (χ3n) is 4.61. The highest BCUT2D eigenvalue weighted by atomic mass is 32.2. The molecule has 2 atom stereocenters. The Balaban J connectivity index is 1.69. The molecule has 1 heterocycles. The molecular weight excluding hydrogens is 324 g/mol. The second-order valence-corrected chi connectivity index (χ2v) is 7.33. The van der Waals surface area contributed by atoms with Crippen LogP contribution in [-0.4, -0.2) is 34.0 Å². The molecule has 1 saturated heterocycles. The zero-order valence-electron chi connectivity index (χ0n) is 12.4. The zero-order valence-corrected chi connectivity index (χ0v) is 13.2. The fourth-order valence-corrected chi connectivity index (χ4v) is 4.26. The summed E-state index contributed by atoms with van der Waals surface area (Å²) in [6, 6.07) is 3.33. The number of thioether (sulfide) groups is 1. The zero-order chi connectivity index (χ0) is 16.6. The van der Waals surface area contributed by atoms with E-state index in [4.69, 9.17) is 0 Å². The van der Waals surface area contributed by atoms with Crippen molar-refractivity contribution in [2.45, 2.75) is 30.7 Å². The number of amides is 1. The monoisotopic (exact) mass is 341 g/mol. The Morgan fingerprint density at radius 1 is 1.26 bits per heavy atom. The molecule has 1 amide bonds. The van der Waals surface area contributed by atoms with Gasteiger partial charge < -0.3 is 10.4 Å². The number of benzene rings is 1. The molecule has 2 aliphatic rings. The van der Waals surface area contributed by atoms with Crippen LogP contribution in [0.4, 0.5) is 8.78 Å². The lowest BCUT2D eigenvalue weighted by Crippen LogP contribution is -2.57. The highest BCUT2D eigenvalue weighted by Crippen LogP contribution is 2.48. The van der Waals surface area contributed by atoms with Crippen molar-refractivity contribution >= 4 is 23.6 Å². The van der Waals surface area contributed by atoms with E-state index < -0.39 is 29.1 Å². The van der Waals surface area contributed by atoms with Crippen LogP contribution < -0.4 is 5.32 Å². The van der Waals surface area contributed by atoms with Crippen LogP contribution in [0.15, 0.2) is 18.2 Å². The van der Waals surface area contributed by atoms with Gasteiger partial charge in [-0.2, -0.15) is 11.8 Å². The molecule has 124 valence electrons. The summed E-state index contributed by atoms with van der Waals surface area (Å²) in [5.41, 5.74) is -0.897. The molecule has 2 N–H and O–H groups in total. The van der Waals surface area contributed by atoms with Gasteiger partial charge in [-0.25, -0.2) is 13.6 Å². The number of hydrogen-bond acceptors (Lipinski definition) is 3. The van der Waals surface area contributed by atoms with Gasteiger partial charge in [0, 0.05) is 12.0 Å². The molecule has 0 spiro atoms. The van der Waals surface area contributed by atoms with Crippen molar-refractivity contribution in [2.24, 2.45) is 5.92 Å². The van der Waals surface area contributed by atoms with Crippen LogP contribution in [0, 0.1) is 17.6 Å². The smallest absolute Gasteiger partial charge is 0.329 e. The van der Waals surface area contributed by atoms with Crippen LogP contribution in [0.5, 0.6) is 0 Å². The van der Waals surface area contributed by atoms with Crippen LogP contribution in [0.2, 0.25) is 0 Å². The number of carboxylic acids is 1. The first kappa shape index (κ1) is 16.2. The molecule has 4 nitrogen and oxygen atoms in total. The lowest BCUT2D eigenvalue weighted by atomic mass is 9.92. The van der Waals surface area contributed by atoms with Gasteiger partial charge in [0.25, 0.3) is 0 Å². The van der Waals surface area contributed by atoms with E-state index in [-0.39, 0.29) is 11.8 Å². The Labute approximate surface area is 136 Å². The Bertz CT molecular complexity index is 646. The van der Waals surface area contributed by atoms with E-state index in [0.29, 0.717) is 36.3 Å². The number of carboxylic acid groups (broad SMARTS) is 1. The molecule has 0 bridgehead atoms. The molecule has 1 saturated carbocycles. The molecule has 0 radical (unpaired) electrons. The maximum absolute atomic E-state index is 13.8. The van der Waals surface area contributed by atoms with E-state index in [2.05, 4.69) is 5.32 Å². The second kappa shape index (κ2) is 6.11. The molecule has 7 heteroatoms. The summed E-state index contributed by atoms with van der Waals surface area (Å²) < 4.78 is 26.7. The molecular formula is C16H17F2NO3S. The number of rotatable bonds is 4. The average molecular weight is 341 g/mol. The minimum Gasteiger partial charge on any atom is -0.480 e. The van der Waals surface area contributed by atoms with Crippen molar-refractivity contribution < 1.29 is 23.5 Å². The highest BCUT2D eigenvalue weighted by molar-refractivity contribution is 7.99. The van der Waals surface area contributed by atoms with Crippen molar-refractivity contribution in [1.82, 2.24) is 5.32 Å². The van der Waals surface area contributed by atoms with Crippen LogP contribution >= 0.6 is 11.8 Å². The third-order valence-corrected chi connectivity index (χ3v) is 5.59. The van der Waals surface area contributed by atoms with Crippen LogP contribution in [0.3, 0.4) is 0 Å². The third kappa shape index (κ3) is 3.20. The maximum atomic E-state index is 13.8. The lowest BCUT2D eigenvalue weighted by molar-refractivity contribution is -0.148. The fourth-order valence-electron chi connectivity index (χ4n) is 3.07. The van der Waals surface area contributed by atoms with Gasteiger partial charge in [0.1, 0.15) is 17.2 Å². The first-order valence-corrected chi connectivity index (χ1v) is 8.66. The summed E-state index contributed by atoms with van der Waals surface area (Å²) in [5, 5.41) is 12.1. The average Bonchev–Trinajstić information content (AvgIpc) is 3.28. The number of carbonyl (C=O) groups excluding carboxylic acids is 1. The predicted molar refractivity (Wildman–Crippen MR) is 82.3 cm³/mol. The summed E-state index contributed by atoms with van der Waals surface area (Å²) >= 11 is 1.67. The van der Waals surface area contributed by atoms with Crippen molar-refractivity contribution in [2.75, 3.05) is 11.5 Å². The summed E-state index contributed by atoms with van der Waals surface area (Å²) in [4.78, 5) is 23.9. The van der Waals surface area contributed by atoms with Gasteiger partial charge in [-0.1, -0.05) is 6.07 Å². The number of halogens is 2. The van der Waals surface area contributed by atoms with E-state index in [0.717, 1.165) is 6.07 Å². The van der Waals surface area contributed by atoms with Gasteiger partial charge in [-0.05, 0) is 48.3 Å². The summed E-state index contributed by atoms with van der Waals surface area (Å²) in [6.45, 7) is 0. The molecule has 2 fully saturated rings. The van der Waals surface area contributed by atoms with Gasteiger partial charge >= 0.3 is 5.97 Å². The molecule has 0 aromatic heterocycles. The van der Waals surface area contributed by atoms with Crippen molar-refractivity contribution in [3.8, 4) is 0 Å². The summed E-state index contributed by atoms with van der Waals surface area (Å²) in [5.74, 6) is -2.06. The minimum atomic E-state index is -1.21. The van der Waals surface area contributed by atoms with Gasteiger partial charge in [0.05, 0.1) is 0 Å². The lowest BCUT2D eigenvalue weighted by Gasteiger charge is -2.33. The second-order valence-electron chi connectivity index (χ2n) is 6.10. The molecule has 23 heavy (non-hydrogen) atoms. The van der Waals surface area contributed by atoms with Gasteiger partial charge in [-0.15, -0.1) is 0 Å². The molecule has 3 rings (SSSR count). The number of nitrogens with one attached hydrogen (secondary N) is 1. The van der Waals surface area contributed by atoms with Crippen LogP contribution in [-0.2, 0) is 9.59 Å². The summed E-state index contributed by atoms with van der Waals surface area (Å²) in [7, 11) is 0. The van der Waals surface area contributed by atoms with Gasteiger partial charge in [0.15, 0.2) is 0 Å². The molecule has 2 unspecified atom stereocenters. The number of aliphatic carboxylic acids is 1. The Kier molecular flexibility index (Phi) is 4.31. The van der Waals surface area contributed by atoms with E-state index in [9.17, 15) is 23.5 Å².